The monoisotopic (exact) mass is 711 g/mol. The van der Waals surface area contributed by atoms with Crippen molar-refractivity contribution >= 4 is 66.7 Å². The molecule has 10 N–H and O–H groups in total. The number of benzene rings is 1. The number of thiol groups is 2. The number of nitrogens with one attached hydrogen (secondary N) is 6. The van der Waals surface area contributed by atoms with E-state index in [-0.39, 0.29) is 30.3 Å². The molecule has 1 aromatic rings. The second-order valence-corrected chi connectivity index (χ2v) is 12.0. The quantitative estimate of drug-likeness (QED) is 0.0489. The van der Waals surface area contributed by atoms with Crippen LogP contribution < -0.4 is 37.6 Å². The SMILES string of the molecule is NCCCC[C@H](NC(=O)[C@@H]1CCCN1)C(=O)N[C@@H](CS)C(=O)N[C@@H](CS)C(=O)N[C@@H](CC(=O)O)C(=O)N[C@@H](Cc1ccccc1)C(=O)O. The van der Waals surface area contributed by atoms with E-state index < -0.39 is 78.2 Å². The van der Waals surface area contributed by atoms with Gasteiger partial charge in [0.15, 0.2) is 0 Å². The largest absolute Gasteiger partial charge is 0.481 e. The predicted molar refractivity (Wildman–Crippen MR) is 181 cm³/mol. The Bertz CT molecular complexity index is 1270. The Balaban J connectivity index is 2.08. The Hall–Kier alpha value is -3.87. The van der Waals surface area contributed by atoms with E-state index in [1.54, 1.807) is 30.3 Å². The van der Waals surface area contributed by atoms with Crippen molar-refractivity contribution in [3.63, 3.8) is 0 Å². The van der Waals surface area contributed by atoms with Gasteiger partial charge in [-0.25, -0.2) is 4.79 Å². The molecule has 266 valence electrons. The lowest BCUT2D eigenvalue weighted by Gasteiger charge is -2.26. The van der Waals surface area contributed by atoms with Gasteiger partial charge in [-0.2, -0.15) is 25.3 Å². The Morgan fingerprint density at radius 2 is 1.31 bits per heavy atom. The predicted octanol–water partition coefficient (Wildman–Crippen LogP) is -2.05. The molecule has 0 bridgehead atoms. The molecule has 18 heteroatoms. The van der Waals surface area contributed by atoms with Gasteiger partial charge in [0, 0.05) is 17.9 Å². The van der Waals surface area contributed by atoms with Crippen molar-refractivity contribution in [2.75, 3.05) is 24.6 Å². The van der Waals surface area contributed by atoms with E-state index in [4.69, 9.17) is 5.73 Å². The van der Waals surface area contributed by atoms with Crippen LogP contribution >= 0.6 is 25.3 Å². The topological polar surface area (TPSA) is 258 Å². The van der Waals surface area contributed by atoms with Gasteiger partial charge in [0.2, 0.25) is 29.5 Å². The summed E-state index contributed by atoms with van der Waals surface area (Å²) in [7, 11) is 0. The van der Waals surface area contributed by atoms with Gasteiger partial charge in [-0.1, -0.05) is 30.3 Å². The molecule has 0 aliphatic carbocycles. The van der Waals surface area contributed by atoms with Crippen LogP contribution in [0.15, 0.2) is 30.3 Å². The van der Waals surface area contributed by atoms with Crippen molar-refractivity contribution in [2.24, 2.45) is 5.73 Å². The molecule has 0 saturated carbocycles. The summed E-state index contributed by atoms with van der Waals surface area (Å²) in [6.45, 7) is 1.08. The summed E-state index contributed by atoms with van der Waals surface area (Å²) < 4.78 is 0. The van der Waals surface area contributed by atoms with Gasteiger partial charge >= 0.3 is 11.9 Å². The molecular formula is C30H45N7O9S2. The highest BCUT2D eigenvalue weighted by Crippen LogP contribution is 2.09. The third-order valence-corrected chi connectivity index (χ3v) is 8.23. The number of carbonyl (C=O) groups excluding carboxylic acids is 5. The molecule has 1 aromatic carbocycles. The molecule has 1 saturated heterocycles. The first-order valence-corrected chi connectivity index (χ1v) is 16.8. The fraction of sp³-hybridized carbons (Fsp3) is 0.567. The van der Waals surface area contributed by atoms with Gasteiger partial charge in [0.1, 0.15) is 30.2 Å². The van der Waals surface area contributed by atoms with Crippen LogP contribution in [-0.4, -0.2) is 113 Å². The van der Waals surface area contributed by atoms with Crippen molar-refractivity contribution in [2.45, 2.75) is 81.2 Å². The highest BCUT2D eigenvalue weighted by molar-refractivity contribution is 7.80. The molecular weight excluding hydrogens is 667 g/mol. The third-order valence-electron chi connectivity index (χ3n) is 7.50. The van der Waals surface area contributed by atoms with Crippen LogP contribution in [0.2, 0.25) is 0 Å². The molecule has 1 heterocycles. The lowest BCUT2D eigenvalue weighted by Crippen LogP contribution is -2.60. The van der Waals surface area contributed by atoms with Gasteiger partial charge in [0.25, 0.3) is 0 Å². The molecule has 1 fully saturated rings. The molecule has 2 rings (SSSR count). The number of carboxylic acids is 2. The van der Waals surface area contributed by atoms with E-state index in [1.807, 2.05) is 0 Å². The van der Waals surface area contributed by atoms with Crippen LogP contribution in [0.1, 0.15) is 44.1 Å². The molecule has 1 aliphatic rings. The summed E-state index contributed by atoms with van der Waals surface area (Å²) in [5.74, 6) is -7.14. The second kappa shape index (κ2) is 21.2. The standard InChI is InChI=1S/C30H45N7O9S2/c31-11-5-4-9-19(33-25(40)18-10-6-12-32-18)26(41)36-23(16-48)29(44)37-22(15-47)28(43)34-20(14-24(38)39)27(42)35-21(30(45)46)13-17-7-2-1-3-8-17/h1-3,7-8,18-23,32,47-48H,4-6,9-16,31H2,(H,33,40)(H,34,43)(H,35,42)(H,36,41)(H,37,44)(H,38,39)(H,45,46)/t18-,19-,20-,21-,22-,23-/m0/s1. The summed E-state index contributed by atoms with van der Waals surface area (Å²) in [4.78, 5) is 88.5. The number of rotatable bonds is 21. The molecule has 6 atom stereocenters. The summed E-state index contributed by atoms with van der Waals surface area (Å²) in [6, 6.07) is 1.27. The van der Waals surface area contributed by atoms with Crippen molar-refractivity contribution in [3.05, 3.63) is 35.9 Å². The van der Waals surface area contributed by atoms with Crippen molar-refractivity contribution < 1.29 is 43.8 Å². The molecule has 48 heavy (non-hydrogen) atoms. The Morgan fingerprint density at radius 1 is 0.771 bits per heavy atom. The fourth-order valence-corrected chi connectivity index (χ4v) is 5.37. The zero-order valence-electron chi connectivity index (χ0n) is 26.4. The molecule has 16 nitrogen and oxygen atoms in total. The van der Waals surface area contributed by atoms with Crippen LogP contribution in [0, 0.1) is 0 Å². The molecule has 0 unspecified atom stereocenters. The third kappa shape index (κ3) is 13.7. The van der Waals surface area contributed by atoms with Gasteiger partial charge in [0.05, 0.1) is 12.5 Å². The summed E-state index contributed by atoms with van der Waals surface area (Å²) in [6.07, 6.45) is 1.88. The maximum atomic E-state index is 13.2. The Labute approximate surface area is 289 Å². The van der Waals surface area contributed by atoms with Crippen molar-refractivity contribution in [1.29, 1.82) is 0 Å². The van der Waals surface area contributed by atoms with Crippen molar-refractivity contribution in [3.8, 4) is 0 Å². The number of unbranched alkanes of at least 4 members (excludes halogenated alkanes) is 1. The molecule has 0 spiro atoms. The number of aliphatic carboxylic acids is 2. The van der Waals surface area contributed by atoms with Gasteiger partial charge < -0.3 is 47.8 Å². The molecule has 5 amide bonds. The number of hydrogen-bond donors (Lipinski definition) is 11. The van der Waals surface area contributed by atoms with Gasteiger partial charge in [-0.05, 0) is 50.8 Å². The van der Waals surface area contributed by atoms with Crippen molar-refractivity contribution in [1.82, 2.24) is 31.9 Å². The first kappa shape index (κ1) is 40.3. The average molecular weight is 712 g/mol. The molecule has 1 aliphatic heterocycles. The zero-order chi connectivity index (χ0) is 35.6. The van der Waals surface area contributed by atoms with E-state index in [9.17, 15) is 43.8 Å². The number of carbonyl (C=O) groups is 7. The smallest absolute Gasteiger partial charge is 0.326 e. The number of hydrogen-bond acceptors (Lipinski definition) is 11. The van der Waals surface area contributed by atoms with Crippen LogP contribution in [0.5, 0.6) is 0 Å². The maximum Gasteiger partial charge on any atom is 0.326 e. The van der Waals surface area contributed by atoms with E-state index in [2.05, 4.69) is 57.2 Å². The minimum absolute atomic E-state index is 0.100. The number of amides is 5. The first-order valence-electron chi connectivity index (χ1n) is 15.6. The van der Waals surface area contributed by atoms with Crippen LogP contribution in [-0.2, 0) is 40.0 Å². The minimum Gasteiger partial charge on any atom is -0.481 e. The Morgan fingerprint density at radius 3 is 1.81 bits per heavy atom. The van der Waals surface area contributed by atoms with E-state index >= 15 is 0 Å². The summed E-state index contributed by atoms with van der Waals surface area (Å²) in [5, 5.41) is 34.3. The van der Waals surface area contributed by atoms with E-state index in [0.29, 0.717) is 37.9 Å². The van der Waals surface area contributed by atoms with Gasteiger partial charge in [-0.3, -0.25) is 28.8 Å². The van der Waals surface area contributed by atoms with E-state index in [0.717, 1.165) is 6.42 Å². The van der Waals surface area contributed by atoms with E-state index in [1.165, 1.54) is 0 Å². The normalized spacial score (nSPS) is 17.1. The fourth-order valence-electron chi connectivity index (χ4n) is 4.85. The lowest BCUT2D eigenvalue weighted by atomic mass is 10.0. The Kier molecular flexibility index (Phi) is 17.8. The summed E-state index contributed by atoms with van der Waals surface area (Å²) >= 11 is 8.26. The van der Waals surface area contributed by atoms with Gasteiger partial charge in [-0.15, -0.1) is 0 Å². The maximum absolute atomic E-state index is 13.2. The van der Waals surface area contributed by atoms with Crippen LogP contribution in [0.4, 0.5) is 0 Å². The van der Waals surface area contributed by atoms with Crippen LogP contribution in [0.3, 0.4) is 0 Å². The second-order valence-electron chi connectivity index (χ2n) is 11.2. The average Bonchev–Trinajstić information content (AvgIpc) is 3.60. The zero-order valence-corrected chi connectivity index (χ0v) is 28.1. The summed E-state index contributed by atoms with van der Waals surface area (Å²) in [5.41, 5.74) is 6.17. The highest BCUT2D eigenvalue weighted by Gasteiger charge is 2.33. The van der Waals surface area contributed by atoms with Crippen LogP contribution in [0.25, 0.3) is 0 Å². The highest BCUT2D eigenvalue weighted by atomic mass is 32.1. The lowest BCUT2D eigenvalue weighted by molar-refractivity contribution is -0.143. The number of carboxylic acid groups (broad SMARTS) is 2. The molecule has 0 aromatic heterocycles. The molecule has 0 radical (unpaired) electrons. The first-order chi connectivity index (χ1) is 22.9. The number of nitrogens with two attached hydrogens (primary N) is 1. The minimum atomic E-state index is -1.69.